The van der Waals surface area contributed by atoms with Crippen molar-refractivity contribution in [1.29, 1.82) is 0 Å². The van der Waals surface area contributed by atoms with E-state index in [0.29, 0.717) is 0 Å². The first-order chi connectivity index (χ1) is 7.25. The largest absolute Gasteiger partial charge is 0.316 e. The van der Waals surface area contributed by atoms with Crippen molar-refractivity contribution in [3.63, 3.8) is 0 Å². The lowest BCUT2D eigenvalue weighted by Crippen LogP contribution is -2.19. The Labute approximate surface area is 88.5 Å². The fourth-order valence-electron chi connectivity index (χ4n) is 2.11. The maximum atomic E-state index is 13.0. The molecule has 1 atom stereocenters. The number of hydrogen-bond acceptors (Lipinski definition) is 1. The van der Waals surface area contributed by atoms with Crippen molar-refractivity contribution in [3.8, 4) is 0 Å². The van der Waals surface area contributed by atoms with E-state index in [-0.39, 0.29) is 5.92 Å². The van der Waals surface area contributed by atoms with Crippen molar-refractivity contribution >= 4 is 0 Å². The van der Waals surface area contributed by atoms with Gasteiger partial charge in [-0.3, -0.25) is 0 Å². The van der Waals surface area contributed by atoms with Gasteiger partial charge in [0.25, 0.3) is 0 Å². The number of nitrogens with one attached hydrogen (secondary N) is 1. The molecule has 1 saturated heterocycles. The van der Waals surface area contributed by atoms with Gasteiger partial charge < -0.3 is 5.32 Å². The average Bonchev–Trinajstić information content (AvgIpc) is 2.43. The zero-order valence-corrected chi connectivity index (χ0v) is 8.60. The summed E-state index contributed by atoms with van der Waals surface area (Å²) in [6.07, 6.45) is 3.28. The molecular weight excluding hydrogens is 196 g/mol. The van der Waals surface area contributed by atoms with Crippen LogP contribution in [0.2, 0.25) is 0 Å². The van der Waals surface area contributed by atoms with Gasteiger partial charge in [0, 0.05) is 12.6 Å². The Morgan fingerprint density at radius 1 is 1.07 bits per heavy atom. The first-order valence-electron chi connectivity index (χ1n) is 5.42. The minimum absolute atomic E-state index is 0.248. The first kappa shape index (κ1) is 10.6. The average molecular weight is 211 g/mol. The summed E-state index contributed by atoms with van der Waals surface area (Å²) in [5, 5.41) is 3.29. The van der Waals surface area contributed by atoms with Crippen LogP contribution in [0.25, 0.3) is 0 Å². The maximum Gasteiger partial charge on any atom is 0.126 e. The Bertz CT molecular complexity index is 310. The monoisotopic (exact) mass is 211 g/mol. The lowest BCUT2D eigenvalue weighted by molar-refractivity contribution is 0.560. The summed E-state index contributed by atoms with van der Waals surface area (Å²) in [5.74, 6) is -0.707. The molecule has 0 saturated carbocycles. The van der Waals surface area contributed by atoms with Crippen LogP contribution in [-0.2, 0) is 0 Å². The number of benzene rings is 1. The molecule has 82 valence electrons. The van der Waals surface area contributed by atoms with Crippen LogP contribution in [-0.4, -0.2) is 13.1 Å². The second-order valence-electron chi connectivity index (χ2n) is 4.10. The molecule has 0 radical (unpaired) electrons. The molecule has 1 aromatic rings. The third-order valence-electron chi connectivity index (χ3n) is 2.90. The normalized spacial score (nSPS) is 22.4. The molecule has 0 aliphatic carbocycles. The van der Waals surface area contributed by atoms with Gasteiger partial charge in [-0.05, 0) is 43.0 Å². The number of halogens is 2. The molecule has 0 bridgehead atoms. The summed E-state index contributed by atoms with van der Waals surface area (Å²) in [4.78, 5) is 0. The molecule has 1 nitrogen and oxygen atoms in total. The second kappa shape index (κ2) is 4.71. The van der Waals surface area contributed by atoms with E-state index < -0.39 is 11.6 Å². The zero-order chi connectivity index (χ0) is 10.7. The topological polar surface area (TPSA) is 12.0 Å². The fourth-order valence-corrected chi connectivity index (χ4v) is 2.11. The summed E-state index contributed by atoms with van der Waals surface area (Å²) >= 11 is 0. The van der Waals surface area contributed by atoms with Crippen molar-refractivity contribution in [2.45, 2.75) is 25.2 Å². The van der Waals surface area contributed by atoms with Crippen LogP contribution in [0.15, 0.2) is 18.2 Å². The molecule has 1 aromatic carbocycles. The van der Waals surface area contributed by atoms with Gasteiger partial charge in [0.2, 0.25) is 0 Å². The number of hydrogen-bond donors (Lipinski definition) is 1. The standard InChI is InChI=1S/C12H15F2N/c13-11-5-10(6-12(14)7-11)9-3-1-2-4-15-8-9/h5-7,9,15H,1-4,8H2. The molecule has 0 aromatic heterocycles. The summed E-state index contributed by atoms with van der Waals surface area (Å²) in [5.41, 5.74) is 0.780. The maximum absolute atomic E-state index is 13.0. The first-order valence-corrected chi connectivity index (χ1v) is 5.42. The van der Waals surface area contributed by atoms with Crippen LogP contribution in [0, 0.1) is 11.6 Å². The highest BCUT2D eigenvalue weighted by atomic mass is 19.1. The van der Waals surface area contributed by atoms with Crippen LogP contribution in [0.4, 0.5) is 8.78 Å². The van der Waals surface area contributed by atoms with Crippen molar-refractivity contribution in [3.05, 3.63) is 35.4 Å². The smallest absolute Gasteiger partial charge is 0.126 e. The number of rotatable bonds is 1. The van der Waals surface area contributed by atoms with E-state index in [2.05, 4.69) is 5.32 Å². The van der Waals surface area contributed by atoms with E-state index in [4.69, 9.17) is 0 Å². The molecule has 1 unspecified atom stereocenters. The lowest BCUT2D eigenvalue weighted by atomic mass is 9.94. The molecule has 1 heterocycles. The van der Waals surface area contributed by atoms with Crippen molar-refractivity contribution in [1.82, 2.24) is 5.32 Å². The highest BCUT2D eigenvalue weighted by molar-refractivity contribution is 5.22. The molecule has 0 amide bonds. The summed E-state index contributed by atoms with van der Waals surface area (Å²) in [7, 11) is 0. The van der Waals surface area contributed by atoms with Gasteiger partial charge in [0.05, 0.1) is 0 Å². The zero-order valence-electron chi connectivity index (χ0n) is 8.60. The van der Waals surface area contributed by atoms with Crippen LogP contribution in [0.3, 0.4) is 0 Å². The Balaban J connectivity index is 2.19. The van der Waals surface area contributed by atoms with Gasteiger partial charge in [-0.2, -0.15) is 0 Å². The second-order valence-corrected chi connectivity index (χ2v) is 4.10. The quantitative estimate of drug-likeness (QED) is 0.753. The van der Waals surface area contributed by atoms with Crippen LogP contribution in [0.5, 0.6) is 0 Å². The van der Waals surface area contributed by atoms with Crippen molar-refractivity contribution in [2.75, 3.05) is 13.1 Å². The van der Waals surface area contributed by atoms with E-state index in [0.717, 1.165) is 44.0 Å². The van der Waals surface area contributed by atoms with Crippen molar-refractivity contribution in [2.24, 2.45) is 0 Å². The van der Waals surface area contributed by atoms with E-state index in [1.165, 1.54) is 12.1 Å². The summed E-state index contributed by atoms with van der Waals surface area (Å²) in [6.45, 7) is 1.83. The van der Waals surface area contributed by atoms with Gasteiger partial charge in [-0.1, -0.05) is 6.42 Å². The predicted molar refractivity (Wildman–Crippen MR) is 55.8 cm³/mol. The molecule has 3 heteroatoms. The lowest BCUT2D eigenvalue weighted by Gasteiger charge is -2.14. The SMILES string of the molecule is Fc1cc(F)cc(C2CCCCNC2)c1. The summed E-state index contributed by atoms with van der Waals surface area (Å²) in [6, 6.07) is 3.81. The molecule has 1 fully saturated rings. The molecular formula is C12H15F2N. The third-order valence-corrected chi connectivity index (χ3v) is 2.90. The summed E-state index contributed by atoms with van der Waals surface area (Å²) < 4.78 is 26.0. The van der Waals surface area contributed by atoms with Gasteiger partial charge in [0.1, 0.15) is 11.6 Å². The van der Waals surface area contributed by atoms with Gasteiger partial charge in [0.15, 0.2) is 0 Å². The molecule has 1 aliphatic heterocycles. The van der Waals surface area contributed by atoms with Gasteiger partial charge >= 0.3 is 0 Å². The molecule has 15 heavy (non-hydrogen) atoms. The van der Waals surface area contributed by atoms with E-state index in [1.807, 2.05) is 0 Å². The highest BCUT2D eigenvalue weighted by Gasteiger charge is 2.15. The molecule has 1 aliphatic rings. The van der Waals surface area contributed by atoms with Crippen molar-refractivity contribution < 1.29 is 8.78 Å². The van der Waals surface area contributed by atoms with E-state index >= 15 is 0 Å². The Hall–Kier alpha value is -0.960. The minimum Gasteiger partial charge on any atom is -0.316 e. The van der Waals surface area contributed by atoms with E-state index in [9.17, 15) is 8.78 Å². The van der Waals surface area contributed by atoms with Crippen LogP contribution in [0.1, 0.15) is 30.7 Å². The minimum atomic E-state index is -0.478. The third kappa shape index (κ3) is 2.75. The highest BCUT2D eigenvalue weighted by Crippen LogP contribution is 2.24. The Morgan fingerprint density at radius 2 is 1.80 bits per heavy atom. The van der Waals surface area contributed by atoms with Crippen LogP contribution >= 0.6 is 0 Å². The van der Waals surface area contributed by atoms with Gasteiger partial charge in [-0.15, -0.1) is 0 Å². The predicted octanol–water partition coefficient (Wildman–Crippen LogP) is 2.82. The van der Waals surface area contributed by atoms with Gasteiger partial charge in [-0.25, -0.2) is 8.78 Å². The van der Waals surface area contributed by atoms with Crippen LogP contribution < -0.4 is 5.32 Å². The fraction of sp³-hybridized carbons (Fsp3) is 0.500. The van der Waals surface area contributed by atoms with E-state index in [1.54, 1.807) is 0 Å². The Morgan fingerprint density at radius 3 is 2.53 bits per heavy atom. The molecule has 2 rings (SSSR count). The Kier molecular flexibility index (Phi) is 3.31. The molecule has 0 spiro atoms. The molecule has 1 N–H and O–H groups in total.